The molecule has 4 heterocycles. The van der Waals surface area contributed by atoms with E-state index in [9.17, 15) is 0 Å². The molecule has 0 N–H and O–H groups in total. The molecule has 4 aromatic heterocycles. The average Bonchev–Trinajstić information content (AvgIpc) is 3.91. The monoisotopic (exact) mass is 703 g/mol. The van der Waals surface area contributed by atoms with Crippen LogP contribution in [0.5, 0.6) is 0 Å². The Bertz CT molecular complexity index is 3360. The first-order valence-corrected chi connectivity index (χ1v) is 19.0. The molecule has 0 bridgehead atoms. The first kappa shape index (κ1) is 30.3. The highest BCUT2D eigenvalue weighted by atomic mass is 16.3. The van der Waals surface area contributed by atoms with Gasteiger partial charge in [0.25, 0.3) is 0 Å². The van der Waals surface area contributed by atoms with Crippen molar-refractivity contribution in [2.75, 3.05) is 0 Å². The summed E-state index contributed by atoms with van der Waals surface area (Å²) in [7, 11) is 0. The molecule has 258 valence electrons. The molecule has 7 aromatic carbocycles. The summed E-state index contributed by atoms with van der Waals surface area (Å²) >= 11 is 0. The molecule has 0 aliphatic heterocycles. The maximum Gasteiger partial charge on any atom is 0.138 e. The van der Waals surface area contributed by atoms with Crippen LogP contribution in [-0.4, -0.2) is 14.1 Å². The van der Waals surface area contributed by atoms with E-state index >= 15 is 0 Å². The van der Waals surface area contributed by atoms with Crippen LogP contribution >= 0.6 is 0 Å². The first-order chi connectivity index (χ1) is 27.3. The number of benzene rings is 7. The molecule has 4 nitrogen and oxygen atoms in total. The number of hydrogen-bond donors (Lipinski definition) is 0. The average molecular weight is 704 g/mol. The summed E-state index contributed by atoms with van der Waals surface area (Å²) in [6, 6.07) is 61.1. The molecule has 0 saturated heterocycles. The van der Waals surface area contributed by atoms with Crippen molar-refractivity contribution in [3.63, 3.8) is 0 Å². The smallest absolute Gasteiger partial charge is 0.138 e. The summed E-state index contributed by atoms with van der Waals surface area (Å²) in [6.07, 6.45) is 5.44. The maximum atomic E-state index is 6.48. The zero-order chi connectivity index (χ0) is 36.0. The molecule has 0 spiro atoms. The number of furan rings is 1. The van der Waals surface area contributed by atoms with Gasteiger partial charge in [-0.1, -0.05) is 133 Å². The summed E-state index contributed by atoms with van der Waals surface area (Å²) < 4.78 is 11.3. The van der Waals surface area contributed by atoms with Gasteiger partial charge in [0.1, 0.15) is 17.2 Å². The van der Waals surface area contributed by atoms with Crippen LogP contribution in [0.15, 0.2) is 180 Å². The highest BCUT2D eigenvalue weighted by molar-refractivity contribution is 6.26. The highest BCUT2D eigenvalue weighted by Gasteiger charge is 2.26. The van der Waals surface area contributed by atoms with Crippen LogP contribution in [0.25, 0.3) is 94.2 Å². The van der Waals surface area contributed by atoms with Gasteiger partial charge in [-0.05, 0) is 71.3 Å². The SMILES string of the molecule is C1=Cc2c(oc3ccccc23)C(c2ccc3cc(-n4c5ccccc5c5ccc6c(c7ccccc7n6-c6cccc(-c7ccccc7)n6)c54)ccc3c2)C1. The Labute approximate surface area is 316 Å². The van der Waals surface area contributed by atoms with E-state index in [4.69, 9.17) is 9.40 Å². The van der Waals surface area contributed by atoms with Crippen molar-refractivity contribution < 1.29 is 4.42 Å². The van der Waals surface area contributed by atoms with Crippen molar-refractivity contribution in [1.29, 1.82) is 0 Å². The molecule has 12 rings (SSSR count). The fraction of sp³-hybridized carbons (Fsp3) is 0.0392. The van der Waals surface area contributed by atoms with Crippen LogP contribution in [0.2, 0.25) is 0 Å². The van der Waals surface area contributed by atoms with E-state index < -0.39 is 0 Å². The van der Waals surface area contributed by atoms with E-state index in [1.54, 1.807) is 0 Å². The van der Waals surface area contributed by atoms with Gasteiger partial charge in [0.2, 0.25) is 0 Å². The maximum absolute atomic E-state index is 6.48. The third-order valence-electron chi connectivity index (χ3n) is 11.6. The molecule has 0 radical (unpaired) electrons. The number of para-hydroxylation sites is 3. The molecular formula is C51H33N3O. The largest absolute Gasteiger partial charge is 0.460 e. The Morgan fingerprint density at radius 2 is 1.29 bits per heavy atom. The predicted octanol–water partition coefficient (Wildman–Crippen LogP) is 13.4. The van der Waals surface area contributed by atoms with Gasteiger partial charge in [-0.25, -0.2) is 4.98 Å². The third-order valence-corrected chi connectivity index (χ3v) is 11.6. The molecule has 55 heavy (non-hydrogen) atoms. The Balaban J connectivity index is 1.06. The number of fused-ring (bicyclic) bond motifs is 11. The molecule has 0 fully saturated rings. The van der Waals surface area contributed by atoms with Gasteiger partial charge in [0, 0.05) is 49.7 Å². The number of nitrogens with zero attached hydrogens (tertiary/aromatic N) is 3. The van der Waals surface area contributed by atoms with Gasteiger partial charge in [0.15, 0.2) is 0 Å². The lowest BCUT2D eigenvalue weighted by molar-refractivity contribution is 0.517. The van der Waals surface area contributed by atoms with Gasteiger partial charge in [-0.15, -0.1) is 0 Å². The second-order valence-corrected chi connectivity index (χ2v) is 14.7. The summed E-state index contributed by atoms with van der Waals surface area (Å²) in [5.41, 5.74) is 11.3. The van der Waals surface area contributed by atoms with E-state index in [-0.39, 0.29) is 5.92 Å². The topological polar surface area (TPSA) is 35.9 Å². The standard InChI is InChI=1S/C51H33N3O/c1-2-12-32(13-3-1)43-19-11-23-48(52-43)54-45-21-8-5-16-42(45)49-46(54)29-28-40-38-14-4-7-20-44(38)53(50(40)49)36-27-26-33-30-35(25-24-34(33)31-36)37-17-10-18-41-39-15-6-9-22-47(39)55-51(37)41/h1-16,18-31,37H,17H2. The first-order valence-electron chi connectivity index (χ1n) is 19.0. The third kappa shape index (κ3) is 4.49. The van der Waals surface area contributed by atoms with Gasteiger partial charge in [-0.2, -0.15) is 0 Å². The quantitative estimate of drug-likeness (QED) is 0.183. The zero-order valence-electron chi connectivity index (χ0n) is 29.9. The normalized spacial score (nSPS) is 14.2. The summed E-state index contributed by atoms with van der Waals surface area (Å²) in [4.78, 5) is 5.23. The molecule has 1 atom stereocenters. The molecule has 1 aliphatic rings. The number of hydrogen-bond acceptors (Lipinski definition) is 2. The zero-order valence-corrected chi connectivity index (χ0v) is 29.9. The summed E-state index contributed by atoms with van der Waals surface area (Å²) in [6.45, 7) is 0. The Morgan fingerprint density at radius 3 is 2.18 bits per heavy atom. The minimum Gasteiger partial charge on any atom is -0.460 e. The predicted molar refractivity (Wildman–Crippen MR) is 228 cm³/mol. The second kappa shape index (κ2) is 11.7. The molecule has 4 heteroatoms. The van der Waals surface area contributed by atoms with Crippen LogP contribution in [-0.2, 0) is 0 Å². The minimum absolute atomic E-state index is 0.183. The fourth-order valence-corrected chi connectivity index (χ4v) is 9.18. The van der Waals surface area contributed by atoms with Gasteiger partial charge in [0.05, 0.1) is 27.8 Å². The molecule has 0 amide bonds. The Kier molecular flexibility index (Phi) is 6.43. The second-order valence-electron chi connectivity index (χ2n) is 14.7. The van der Waals surface area contributed by atoms with Crippen molar-refractivity contribution in [2.24, 2.45) is 0 Å². The van der Waals surface area contributed by atoms with Crippen molar-refractivity contribution in [3.8, 4) is 22.8 Å². The van der Waals surface area contributed by atoms with E-state index in [0.29, 0.717) is 0 Å². The van der Waals surface area contributed by atoms with Crippen LogP contribution in [0.1, 0.15) is 29.2 Å². The lowest BCUT2D eigenvalue weighted by Gasteiger charge is -2.18. The summed E-state index contributed by atoms with van der Waals surface area (Å²) in [5, 5.41) is 8.52. The van der Waals surface area contributed by atoms with Crippen molar-refractivity contribution in [2.45, 2.75) is 12.3 Å². The van der Waals surface area contributed by atoms with Gasteiger partial charge >= 0.3 is 0 Å². The van der Waals surface area contributed by atoms with E-state index in [1.807, 2.05) is 12.1 Å². The van der Waals surface area contributed by atoms with E-state index in [0.717, 1.165) is 51.6 Å². The van der Waals surface area contributed by atoms with E-state index in [2.05, 4.69) is 179 Å². The van der Waals surface area contributed by atoms with Crippen LogP contribution in [0.3, 0.4) is 0 Å². The van der Waals surface area contributed by atoms with Gasteiger partial charge in [-0.3, -0.25) is 4.57 Å². The summed E-state index contributed by atoms with van der Waals surface area (Å²) in [5.74, 6) is 2.15. The number of rotatable bonds is 4. The molecule has 0 saturated carbocycles. The fourth-order valence-electron chi connectivity index (χ4n) is 9.18. The lowest BCUT2D eigenvalue weighted by atomic mass is 9.86. The van der Waals surface area contributed by atoms with Gasteiger partial charge < -0.3 is 8.98 Å². The Morgan fingerprint density at radius 1 is 0.545 bits per heavy atom. The molecular weight excluding hydrogens is 671 g/mol. The van der Waals surface area contributed by atoms with Crippen molar-refractivity contribution >= 4 is 71.4 Å². The van der Waals surface area contributed by atoms with E-state index in [1.165, 1.54) is 59.9 Å². The van der Waals surface area contributed by atoms with Crippen LogP contribution in [0, 0.1) is 0 Å². The number of pyridine rings is 1. The van der Waals surface area contributed by atoms with Crippen molar-refractivity contribution in [1.82, 2.24) is 14.1 Å². The number of aromatic nitrogens is 3. The molecule has 1 unspecified atom stereocenters. The molecule has 11 aromatic rings. The molecule has 1 aliphatic carbocycles. The number of allylic oxidation sites excluding steroid dienone is 1. The minimum atomic E-state index is 0.183. The highest BCUT2D eigenvalue weighted by Crippen LogP contribution is 2.44. The Hall–Kier alpha value is -7.17. The lowest BCUT2D eigenvalue weighted by Crippen LogP contribution is -2.03. The van der Waals surface area contributed by atoms with Crippen LogP contribution in [0.4, 0.5) is 0 Å². The van der Waals surface area contributed by atoms with Crippen molar-refractivity contribution in [3.05, 3.63) is 193 Å². The van der Waals surface area contributed by atoms with Crippen LogP contribution < -0.4 is 0 Å².